The predicted molar refractivity (Wildman–Crippen MR) is 80.3 cm³/mol. The third kappa shape index (κ3) is 3.70. The van der Waals surface area contributed by atoms with Crippen molar-refractivity contribution in [3.63, 3.8) is 0 Å². The highest BCUT2D eigenvalue weighted by atomic mass is 16.5. The fourth-order valence-electron chi connectivity index (χ4n) is 2.67. The molecule has 0 radical (unpaired) electrons. The second-order valence-electron chi connectivity index (χ2n) is 5.51. The van der Waals surface area contributed by atoms with Crippen molar-refractivity contribution < 1.29 is 19.7 Å². The highest BCUT2D eigenvalue weighted by Gasteiger charge is 2.36. The first kappa shape index (κ1) is 15.9. The van der Waals surface area contributed by atoms with E-state index in [1.54, 1.807) is 12.5 Å². The summed E-state index contributed by atoms with van der Waals surface area (Å²) in [5, 5.41) is 19.0. The third-order valence-corrected chi connectivity index (χ3v) is 3.85. The van der Waals surface area contributed by atoms with Gasteiger partial charge in [0.05, 0.1) is 43.6 Å². The number of H-pyrrole nitrogens is 2. The topological polar surface area (TPSA) is 142 Å². The van der Waals surface area contributed by atoms with Crippen LogP contribution >= 0.6 is 0 Å². The first-order chi connectivity index (χ1) is 11.2. The fraction of sp³-hybridized carbons (Fsp3) is 0.571. The van der Waals surface area contributed by atoms with Crippen LogP contribution in [0.5, 0.6) is 0 Å². The van der Waals surface area contributed by atoms with E-state index in [4.69, 9.17) is 20.3 Å². The maximum absolute atomic E-state index is 9.84. The molecule has 9 heteroatoms. The molecular formula is C14H21N5O4. The van der Waals surface area contributed by atoms with Crippen LogP contribution in [0.25, 0.3) is 0 Å². The van der Waals surface area contributed by atoms with Crippen LogP contribution < -0.4 is 5.73 Å². The number of hydrogen-bond acceptors (Lipinski definition) is 7. The van der Waals surface area contributed by atoms with Crippen LogP contribution in [0.2, 0.25) is 0 Å². The Morgan fingerprint density at radius 1 is 1.48 bits per heavy atom. The Bertz CT molecular complexity index is 615. The molecule has 2 aromatic heterocycles. The SMILES string of the molecule is Nc1nc([C@@H]2C[C@H](O)[C@@H](CO)O2)c(COCCc2cnc[nH]2)[nH]1. The Labute approximate surface area is 132 Å². The van der Waals surface area contributed by atoms with Gasteiger partial charge in [0.1, 0.15) is 12.2 Å². The van der Waals surface area contributed by atoms with Gasteiger partial charge in [0.15, 0.2) is 5.95 Å². The number of nitrogens with two attached hydrogens (primary N) is 1. The molecule has 1 fully saturated rings. The third-order valence-electron chi connectivity index (χ3n) is 3.85. The van der Waals surface area contributed by atoms with E-state index in [2.05, 4.69) is 19.9 Å². The average Bonchev–Trinajstić information content (AvgIpc) is 3.24. The van der Waals surface area contributed by atoms with Crippen molar-refractivity contribution in [3.8, 4) is 0 Å². The number of aliphatic hydroxyl groups excluding tert-OH is 2. The number of nitrogen functional groups attached to an aromatic ring is 1. The number of aliphatic hydroxyl groups is 2. The number of nitrogens with zero attached hydrogens (tertiary/aromatic N) is 2. The molecule has 0 spiro atoms. The summed E-state index contributed by atoms with van der Waals surface area (Å²) in [4.78, 5) is 14.1. The van der Waals surface area contributed by atoms with Gasteiger partial charge in [-0.25, -0.2) is 9.97 Å². The molecule has 3 rings (SSSR count). The summed E-state index contributed by atoms with van der Waals surface area (Å²) in [6, 6.07) is 0. The van der Waals surface area contributed by atoms with Crippen LogP contribution in [-0.4, -0.2) is 55.6 Å². The Morgan fingerprint density at radius 2 is 2.35 bits per heavy atom. The van der Waals surface area contributed by atoms with Crippen LogP contribution in [0.4, 0.5) is 5.95 Å². The van der Waals surface area contributed by atoms with Crippen molar-refractivity contribution in [1.29, 1.82) is 0 Å². The Hall–Kier alpha value is -1.94. The van der Waals surface area contributed by atoms with Gasteiger partial charge in [-0.05, 0) is 0 Å². The number of aromatic amines is 2. The Kier molecular flexibility index (Phi) is 4.91. The van der Waals surface area contributed by atoms with Gasteiger partial charge in [-0.1, -0.05) is 0 Å². The van der Waals surface area contributed by atoms with Gasteiger partial charge in [0.25, 0.3) is 0 Å². The number of hydrogen-bond donors (Lipinski definition) is 5. The standard InChI is InChI=1S/C14H21N5O4/c15-14-18-9(6-22-2-1-8-4-16-7-17-8)13(19-14)11-3-10(21)12(5-20)23-11/h4,7,10-12,20-21H,1-3,5-6H2,(H,16,17)(H3,15,18,19)/t10-,11-,12+/m0/s1. The molecule has 2 aromatic rings. The lowest BCUT2D eigenvalue weighted by Gasteiger charge is -2.12. The van der Waals surface area contributed by atoms with E-state index in [9.17, 15) is 5.11 Å². The molecule has 6 N–H and O–H groups in total. The molecule has 0 aliphatic carbocycles. The molecule has 1 saturated heterocycles. The number of anilines is 1. The monoisotopic (exact) mass is 323 g/mol. The maximum Gasteiger partial charge on any atom is 0.198 e. The van der Waals surface area contributed by atoms with E-state index in [0.717, 1.165) is 17.8 Å². The van der Waals surface area contributed by atoms with Crippen LogP contribution in [0.3, 0.4) is 0 Å². The van der Waals surface area contributed by atoms with Crippen molar-refractivity contribution in [1.82, 2.24) is 19.9 Å². The molecule has 1 aliphatic rings. The lowest BCUT2D eigenvalue weighted by atomic mass is 10.1. The van der Waals surface area contributed by atoms with Gasteiger partial charge in [-0.15, -0.1) is 0 Å². The molecule has 3 atom stereocenters. The molecule has 0 bridgehead atoms. The first-order valence-corrected chi connectivity index (χ1v) is 7.51. The fourth-order valence-corrected chi connectivity index (χ4v) is 2.67. The van der Waals surface area contributed by atoms with Crippen molar-refractivity contribution in [2.75, 3.05) is 18.9 Å². The largest absolute Gasteiger partial charge is 0.394 e. The van der Waals surface area contributed by atoms with E-state index in [1.807, 2.05) is 0 Å². The van der Waals surface area contributed by atoms with Gasteiger partial charge >= 0.3 is 0 Å². The molecule has 0 unspecified atom stereocenters. The summed E-state index contributed by atoms with van der Waals surface area (Å²) in [6.07, 6.45) is 2.78. The molecule has 3 heterocycles. The maximum atomic E-state index is 9.84. The van der Waals surface area contributed by atoms with Crippen molar-refractivity contribution in [3.05, 3.63) is 29.6 Å². The zero-order valence-corrected chi connectivity index (χ0v) is 12.6. The van der Waals surface area contributed by atoms with Crippen molar-refractivity contribution >= 4 is 5.95 Å². The number of ether oxygens (including phenoxy) is 2. The molecule has 9 nitrogen and oxygen atoms in total. The lowest BCUT2D eigenvalue weighted by molar-refractivity contribution is -0.0241. The highest BCUT2D eigenvalue weighted by Crippen LogP contribution is 2.34. The lowest BCUT2D eigenvalue weighted by Crippen LogP contribution is -2.24. The van der Waals surface area contributed by atoms with Gasteiger partial charge in [-0.3, -0.25) is 0 Å². The summed E-state index contributed by atoms with van der Waals surface area (Å²) in [6.45, 7) is 0.606. The van der Waals surface area contributed by atoms with Crippen LogP contribution in [-0.2, 0) is 22.5 Å². The molecule has 0 saturated carbocycles. The van der Waals surface area contributed by atoms with E-state index in [-0.39, 0.29) is 12.6 Å². The summed E-state index contributed by atoms with van der Waals surface area (Å²) in [5.41, 5.74) is 8.08. The van der Waals surface area contributed by atoms with E-state index >= 15 is 0 Å². The summed E-state index contributed by atoms with van der Waals surface area (Å²) in [5.74, 6) is 0.276. The molecular weight excluding hydrogens is 302 g/mol. The minimum atomic E-state index is -0.711. The molecule has 126 valence electrons. The summed E-state index contributed by atoms with van der Waals surface area (Å²) >= 11 is 0. The van der Waals surface area contributed by atoms with Crippen LogP contribution in [0.15, 0.2) is 12.5 Å². The predicted octanol–water partition coefficient (Wildman–Crippen LogP) is -0.343. The van der Waals surface area contributed by atoms with E-state index in [1.165, 1.54) is 0 Å². The van der Waals surface area contributed by atoms with Gasteiger partial charge in [-0.2, -0.15) is 0 Å². The normalized spacial score (nSPS) is 24.3. The second-order valence-corrected chi connectivity index (χ2v) is 5.51. The zero-order chi connectivity index (χ0) is 16.2. The second kappa shape index (κ2) is 7.09. The minimum Gasteiger partial charge on any atom is -0.394 e. The van der Waals surface area contributed by atoms with E-state index < -0.39 is 18.3 Å². The molecule has 0 aromatic carbocycles. The number of aromatic nitrogens is 4. The van der Waals surface area contributed by atoms with Crippen molar-refractivity contribution in [2.24, 2.45) is 0 Å². The zero-order valence-electron chi connectivity index (χ0n) is 12.6. The Balaban J connectivity index is 1.57. The van der Waals surface area contributed by atoms with Crippen molar-refractivity contribution in [2.45, 2.75) is 37.8 Å². The van der Waals surface area contributed by atoms with E-state index in [0.29, 0.717) is 25.3 Å². The smallest absolute Gasteiger partial charge is 0.198 e. The van der Waals surface area contributed by atoms with Crippen LogP contribution in [0.1, 0.15) is 29.6 Å². The van der Waals surface area contributed by atoms with Gasteiger partial charge in [0.2, 0.25) is 0 Å². The highest BCUT2D eigenvalue weighted by molar-refractivity contribution is 5.28. The number of nitrogens with one attached hydrogen (secondary N) is 2. The number of imidazole rings is 2. The average molecular weight is 323 g/mol. The molecule has 1 aliphatic heterocycles. The minimum absolute atomic E-state index is 0.229. The summed E-state index contributed by atoms with van der Waals surface area (Å²) < 4.78 is 11.3. The molecule has 23 heavy (non-hydrogen) atoms. The quantitative estimate of drug-likeness (QED) is 0.439. The van der Waals surface area contributed by atoms with Gasteiger partial charge in [0, 0.05) is 24.7 Å². The first-order valence-electron chi connectivity index (χ1n) is 7.51. The van der Waals surface area contributed by atoms with Gasteiger partial charge < -0.3 is 35.4 Å². The van der Waals surface area contributed by atoms with Crippen LogP contribution in [0, 0.1) is 0 Å². The molecule has 0 amide bonds. The number of rotatable bonds is 7. The summed E-state index contributed by atoms with van der Waals surface area (Å²) in [7, 11) is 0. The Morgan fingerprint density at radius 3 is 3.04 bits per heavy atom.